The van der Waals surface area contributed by atoms with Gasteiger partial charge >= 0.3 is 0 Å². The molecule has 0 saturated heterocycles. The molecule has 0 aromatic heterocycles. The number of benzene rings is 2. The van der Waals surface area contributed by atoms with Crippen LogP contribution in [-0.2, 0) is 6.54 Å². The van der Waals surface area contributed by atoms with Crippen molar-refractivity contribution in [2.24, 2.45) is 5.73 Å². The Bertz CT molecular complexity index is 582. The topological polar surface area (TPSA) is 29.3 Å². The van der Waals surface area contributed by atoms with Gasteiger partial charge in [-0.2, -0.15) is 0 Å². The molecule has 0 radical (unpaired) electrons. The largest absolute Gasteiger partial charge is 0.326 e. The van der Waals surface area contributed by atoms with Gasteiger partial charge in [-0.3, -0.25) is 4.90 Å². The average molecular weight is 323 g/mol. The second kappa shape index (κ2) is 7.28. The van der Waals surface area contributed by atoms with Crippen molar-refractivity contribution < 1.29 is 0 Å². The Hall–Kier alpha value is -1.06. The van der Waals surface area contributed by atoms with E-state index < -0.39 is 0 Å². The van der Waals surface area contributed by atoms with E-state index in [1.54, 1.807) is 0 Å². The Morgan fingerprint density at radius 1 is 1.05 bits per heavy atom. The number of rotatable bonds is 5. The van der Waals surface area contributed by atoms with Gasteiger partial charge in [0.1, 0.15) is 0 Å². The minimum absolute atomic E-state index is 0.00124. The number of nitrogens with zero attached hydrogens (tertiary/aromatic N) is 1. The highest BCUT2D eigenvalue weighted by Gasteiger charge is 2.21. The van der Waals surface area contributed by atoms with Gasteiger partial charge < -0.3 is 5.73 Å². The maximum Gasteiger partial charge on any atom is 0.0496 e. The molecule has 2 nitrogen and oxygen atoms in total. The molecule has 4 heteroatoms. The molecule has 0 aliphatic carbocycles. The van der Waals surface area contributed by atoms with Crippen LogP contribution in [0.1, 0.15) is 24.1 Å². The van der Waals surface area contributed by atoms with Gasteiger partial charge in [0.15, 0.2) is 0 Å². The van der Waals surface area contributed by atoms with E-state index in [0.29, 0.717) is 0 Å². The quantitative estimate of drug-likeness (QED) is 0.877. The van der Waals surface area contributed by atoms with Crippen LogP contribution in [0.2, 0.25) is 10.0 Å². The van der Waals surface area contributed by atoms with Crippen molar-refractivity contribution in [1.82, 2.24) is 4.90 Å². The van der Waals surface area contributed by atoms with Crippen LogP contribution in [0, 0.1) is 0 Å². The third kappa shape index (κ3) is 4.21. The molecule has 112 valence electrons. The van der Waals surface area contributed by atoms with Gasteiger partial charge in [0, 0.05) is 28.7 Å². The lowest BCUT2D eigenvalue weighted by atomic mass is 9.99. The van der Waals surface area contributed by atoms with Gasteiger partial charge in [-0.15, -0.1) is 0 Å². The summed E-state index contributed by atoms with van der Waals surface area (Å²) in [5, 5.41) is 1.51. The molecule has 0 bridgehead atoms. The fraction of sp³-hybridized carbons (Fsp3) is 0.294. The summed E-state index contributed by atoms with van der Waals surface area (Å²) in [6.07, 6.45) is 0. The number of likely N-dealkylation sites (N-methyl/N-ethyl adjacent to an activating group) is 1. The minimum Gasteiger partial charge on any atom is -0.326 e. The fourth-order valence-corrected chi connectivity index (χ4v) is 2.93. The zero-order valence-electron chi connectivity index (χ0n) is 12.3. The molecule has 0 aliphatic rings. The highest BCUT2D eigenvalue weighted by molar-refractivity contribution is 6.31. The third-order valence-corrected chi connectivity index (χ3v) is 4.18. The van der Waals surface area contributed by atoms with Crippen LogP contribution in [0.15, 0.2) is 48.5 Å². The van der Waals surface area contributed by atoms with Crippen LogP contribution in [0.25, 0.3) is 0 Å². The second-order valence-electron chi connectivity index (χ2n) is 5.36. The number of nitrogens with two attached hydrogens (primary N) is 1. The molecule has 2 rings (SSSR count). The summed E-state index contributed by atoms with van der Waals surface area (Å²) in [6, 6.07) is 15.8. The standard InChI is InChI=1S/C17H20Cl2N2/c1-12(20)17(13-7-9-15(18)10-8-13)21(2)11-14-5-3-4-6-16(14)19/h3-10,12,17H,11,20H2,1-2H3. The van der Waals surface area contributed by atoms with E-state index in [2.05, 4.69) is 11.9 Å². The second-order valence-corrected chi connectivity index (χ2v) is 6.21. The Kier molecular flexibility index (Phi) is 5.65. The molecule has 2 aromatic carbocycles. The lowest BCUT2D eigenvalue weighted by Crippen LogP contribution is -2.37. The Morgan fingerprint density at radius 3 is 2.24 bits per heavy atom. The summed E-state index contributed by atoms with van der Waals surface area (Å²) in [5.74, 6) is 0. The first-order chi connectivity index (χ1) is 9.99. The molecular weight excluding hydrogens is 303 g/mol. The molecule has 2 atom stereocenters. The SMILES string of the molecule is CC(N)C(c1ccc(Cl)cc1)N(C)Cc1ccccc1Cl. The van der Waals surface area contributed by atoms with Gasteiger partial charge in [-0.1, -0.05) is 53.5 Å². The molecule has 0 saturated carbocycles. The van der Waals surface area contributed by atoms with E-state index in [0.717, 1.165) is 27.7 Å². The highest BCUT2D eigenvalue weighted by atomic mass is 35.5. The third-order valence-electron chi connectivity index (χ3n) is 3.56. The molecule has 2 unspecified atom stereocenters. The summed E-state index contributed by atoms with van der Waals surface area (Å²) >= 11 is 12.2. The molecule has 0 aliphatic heterocycles. The lowest BCUT2D eigenvalue weighted by Gasteiger charge is -2.31. The van der Waals surface area contributed by atoms with Gasteiger partial charge in [-0.25, -0.2) is 0 Å². The molecule has 0 spiro atoms. The predicted molar refractivity (Wildman–Crippen MR) is 90.8 cm³/mol. The Labute approximate surface area is 136 Å². The summed E-state index contributed by atoms with van der Waals surface area (Å²) in [6.45, 7) is 2.76. The van der Waals surface area contributed by atoms with Crippen molar-refractivity contribution in [2.75, 3.05) is 7.05 Å². The number of hydrogen-bond donors (Lipinski definition) is 1. The molecule has 21 heavy (non-hydrogen) atoms. The van der Waals surface area contributed by atoms with E-state index in [1.165, 1.54) is 0 Å². The summed E-state index contributed by atoms with van der Waals surface area (Å²) in [5.41, 5.74) is 8.45. The molecule has 0 fully saturated rings. The maximum atomic E-state index is 6.24. The molecule has 0 amide bonds. The van der Waals surface area contributed by atoms with E-state index in [9.17, 15) is 0 Å². The Morgan fingerprint density at radius 2 is 1.67 bits per heavy atom. The number of halogens is 2. The monoisotopic (exact) mass is 322 g/mol. The van der Waals surface area contributed by atoms with Crippen LogP contribution >= 0.6 is 23.2 Å². The van der Waals surface area contributed by atoms with E-state index in [4.69, 9.17) is 28.9 Å². The molecular formula is C17H20Cl2N2. The van der Waals surface area contributed by atoms with Gasteiger partial charge in [-0.05, 0) is 43.3 Å². The van der Waals surface area contributed by atoms with Crippen LogP contribution in [0.3, 0.4) is 0 Å². The lowest BCUT2D eigenvalue weighted by molar-refractivity contribution is 0.211. The van der Waals surface area contributed by atoms with E-state index in [-0.39, 0.29) is 12.1 Å². The van der Waals surface area contributed by atoms with Crippen LogP contribution in [0.4, 0.5) is 0 Å². The minimum atomic E-state index is -0.00124. The first-order valence-electron chi connectivity index (χ1n) is 6.93. The van der Waals surface area contributed by atoms with Crippen LogP contribution in [-0.4, -0.2) is 18.0 Å². The maximum absolute atomic E-state index is 6.24. The summed E-state index contributed by atoms with van der Waals surface area (Å²) < 4.78 is 0. The molecule has 0 heterocycles. The van der Waals surface area contributed by atoms with Gasteiger partial charge in [0.2, 0.25) is 0 Å². The molecule has 2 aromatic rings. The first-order valence-corrected chi connectivity index (χ1v) is 7.69. The van der Waals surface area contributed by atoms with Crippen LogP contribution in [0.5, 0.6) is 0 Å². The highest BCUT2D eigenvalue weighted by Crippen LogP contribution is 2.27. The molecule has 2 N–H and O–H groups in total. The van der Waals surface area contributed by atoms with E-state index in [1.807, 2.05) is 55.5 Å². The fourth-order valence-electron chi connectivity index (χ4n) is 2.61. The van der Waals surface area contributed by atoms with Crippen LogP contribution < -0.4 is 5.73 Å². The zero-order valence-corrected chi connectivity index (χ0v) is 13.8. The first kappa shape index (κ1) is 16.3. The van der Waals surface area contributed by atoms with Gasteiger partial charge in [0.25, 0.3) is 0 Å². The van der Waals surface area contributed by atoms with Crippen molar-refractivity contribution in [1.29, 1.82) is 0 Å². The average Bonchev–Trinajstić information content (AvgIpc) is 2.43. The normalized spacial score (nSPS) is 14.2. The van der Waals surface area contributed by atoms with E-state index >= 15 is 0 Å². The van der Waals surface area contributed by atoms with Crippen molar-refractivity contribution in [2.45, 2.75) is 25.6 Å². The smallest absolute Gasteiger partial charge is 0.0496 e. The summed E-state index contributed by atoms with van der Waals surface area (Å²) in [4.78, 5) is 2.22. The van der Waals surface area contributed by atoms with Gasteiger partial charge in [0.05, 0.1) is 0 Å². The van der Waals surface area contributed by atoms with Crippen molar-refractivity contribution in [3.8, 4) is 0 Å². The van der Waals surface area contributed by atoms with Crippen molar-refractivity contribution >= 4 is 23.2 Å². The number of hydrogen-bond acceptors (Lipinski definition) is 2. The summed E-state index contributed by atoms with van der Waals surface area (Å²) in [7, 11) is 2.06. The van der Waals surface area contributed by atoms with Crippen molar-refractivity contribution in [3.05, 3.63) is 69.7 Å². The predicted octanol–water partition coefficient (Wildman–Crippen LogP) is 4.51. The zero-order chi connectivity index (χ0) is 15.4. The Balaban J connectivity index is 2.22. The van der Waals surface area contributed by atoms with Crippen molar-refractivity contribution in [3.63, 3.8) is 0 Å².